The lowest BCUT2D eigenvalue weighted by molar-refractivity contribution is -0.139. The second-order valence-corrected chi connectivity index (χ2v) is 14.1. The van der Waals surface area contributed by atoms with Gasteiger partial charge in [-0.05, 0) is 45.4 Å². The molecule has 42 heavy (non-hydrogen) atoms. The predicted octanol–water partition coefficient (Wildman–Crippen LogP) is 2.90. The molecule has 0 unspecified atom stereocenters. The average Bonchev–Trinajstić information content (AvgIpc) is 2.80. The zero-order chi connectivity index (χ0) is 32.9. The molecule has 0 aromatic carbocycles. The predicted molar refractivity (Wildman–Crippen MR) is 165 cm³/mol. The maximum atomic E-state index is 12.9. The van der Waals surface area contributed by atoms with Crippen LogP contribution in [-0.2, 0) is 28.7 Å². The summed E-state index contributed by atoms with van der Waals surface area (Å²) in [6.45, 7) is 23.3. The third kappa shape index (κ3) is 16.5. The van der Waals surface area contributed by atoms with Gasteiger partial charge >= 0.3 is 0 Å². The molecular formula is C31H57N5O6. The number of likely N-dealkylation sites (N-methyl/N-ethyl adjacent to an activating group) is 1. The molecular weight excluding hydrogens is 538 g/mol. The Bertz CT molecular complexity index is 965. The standard InChI is InChI=1S/C31H57N5O6/c1-22(2)35-24(38)20-36(19-23(37)32-12)25(39)13-16-33-26(40)29(6,7)15-18-42-31(10,11)14-17-34-27(41)30(8,9)21-28(3,4)5/h1,13-21H2,2-12H3,(H,32,37)(H,33,40)(H,34,41)(H,35,38). The van der Waals surface area contributed by atoms with E-state index >= 15 is 0 Å². The highest BCUT2D eigenvalue weighted by molar-refractivity contribution is 5.90. The van der Waals surface area contributed by atoms with E-state index in [2.05, 4.69) is 48.6 Å². The summed E-state index contributed by atoms with van der Waals surface area (Å²) in [7, 11) is 1.44. The van der Waals surface area contributed by atoms with Crippen molar-refractivity contribution in [3.8, 4) is 0 Å². The fourth-order valence-corrected chi connectivity index (χ4v) is 4.51. The summed E-state index contributed by atoms with van der Waals surface area (Å²) in [5.74, 6) is -1.52. The number of rotatable bonds is 18. The quantitative estimate of drug-likeness (QED) is 0.192. The Morgan fingerprint density at radius 3 is 1.81 bits per heavy atom. The fourth-order valence-electron chi connectivity index (χ4n) is 4.51. The van der Waals surface area contributed by atoms with Crippen LogP contribution in [0.15, 0.2) is 12.3 Å². The Balaban J connectivity index is 4.73. The van der Waals surface area contributed by atoms with E-state index in [9.17, 15) is 24.0 Å². The van der Waals surface area contributed by atoms with Crippen LogP contribution >= 0.6 is 0 Å². The second kappa shape index (κ2) is 16.6. The molecule has 0 spiro atoms. The van der Waals surface area contributed by atoms with Crippen molar-refractivity contribution in [2.24, 2.45) is 16.2 Å². The van der Waals surface area contributed by atoms with Gasteiger partial charge in [-0.2, -0.15) is 0 Å². The number of carbonyl (C=O) groups is 5. The lowest BCUT2D eigenvalue weighted by atomic mass is 9.75. The topological polar surface area (TPSA) is 146 Å². The zero-order valence-corrected chi connectivity index (χ0v) is 28.0. The first-order valence-corrected chi connectivity index (χ1v) is 14.7. The van der Waals surface area contributed by atoms with Crippen LogP contribution in [0.25, 0.3) is 0 Å². The molecule has 0 fully saturated rings. The summed E-state index contributed by atoms with van der Waals surface area (Å²) >= 11 is 0. The van der Waals surface area contributed by atoms with Crippen LogP contribution in [0.3, 0.4) is 0 Å². The van der Waals surface area contributed by atoms with Gasteiger partial charge in [0.05, 0.1) is 5.60 Å². The highest BCUT2D eigenvalue weighted by Gasteiger charge is 2.33. The first kappa shape index (κ1) is 39.0. The Morgan fingerprint density at radius 2 is 1.29 bits per heavy atom. The molecule has 0 aliphatic carbocycles. The van der Waals surface area contributed by atoms with Crippen molar-refractivity contribution in [1.82, 2.24) is 26.2 Å². The number of hydrogen-bond donors (Lipinski definition) is 4. The van der Waals surface area contributed by atoms with Crippen LogP contribution in [0.2, 0.25) is 0 Å². The molecule has 0 atom stereocenters. The molecule has 0 bridgehead atoms. The van der Waals surface area contributed by atoms with Crippen molar-refractivity contribution < 1.29 is 28.7 Å². The molecule has 0 saturated heterocycles. The summed E-state index contributed by atoms with van der Waals surface area (Å²) in [5, 5.41) is 10.8. The monoisotopic (exact) mass is 595 g/mol. The van der Waals surface area contributed by atoms with E-state index in [1.807, 2.05) is 27.7 Å². The van der Waals surface area contributed by atoms with Crippen molar-refractivity contribution in [1.29, 1.82) is 0 Å². The Kier molecular flexibility index (Phi) is 15.5. The van der Waals surface area contributed by atoms with Crippen molar-refractivity contribution in [3.05, 3.63) is 12.3 Å². The summed E-state index contributed by atoms with van der Waals surface area (Å²) in [6.07, 6.45) is 1.78. The summed E-state index contributed by atoms with van der Waals surface area (Å²) in [4.78, 5) is 63.3. The molecule has 4 N–H and O–H groups in total. The third-order valence-corrected chi connectivity index (χ3v) is 6.71. The lowest BCUT2D eigenvalue weighted by Gasteiger charge is -2.32. The van der Waals surface area contributed by atoms with E-state index in [1.54, 1.807) is 20.8 Å². The number of nitrogens with one attached hydrogen (secondary N) is 4. The van der Waals surface area contributed by atoms with Crippen molar-refractivity contribution in [2.45, 2.75) is 101 Å². The van der Waals surface area contributed by atoms with E-state index in [1.165, 1.54) is 7.05 Å². The number of ether oxygens (including phenoxy) is 1. The summed E-state index contributed by atoms with van der Waals surface area (Å²) in [6, 6.07) is 0. The molecule has 11 nitrogen and oxygen atoms in total. The molecule has 0 heterocycles. The molecule has 0 aromatic rings. The highest BCUT2D eigenvalue weighted by atomic mass is 16.5. The van der Waals surface area contributed by atoms with Crippen LogP contribution < -0.4 is 21.3 Å². The number of allylic oxidation sites excluding steroid dienone is 1. The van der Waals surface area contributed by atoms with Crippen LogP contribution in [0, 0.1) is 16.2 Å². The van der Waals surface area contributed by atoms with E-state index in [0.717, 1.165) is 11.3 Å². The molecule has 11 heteroatoms. The van der Waals surface area contributed by atoms with Gasteiger partial charge in [-0.1, -0.05) is 55.0 Å². The van der Waals surface area contributed by atoms with E-state index in [4.69, 9.17) is 4.74 Å². The lowest BCUT2D eigenvalue weighted by Crippen LogP contribution is -2.46. The van der Waals surface area contributed by atoms with Gasteiger partial charge in [0, 0.05) is 49.7 Å². The van der Waals surface area contributed by atoms with Gasteiger partial charge in [-0.15, -0.1) is 0 Å². The van der Waals surface area contributed by atoms with Crippen LogP contribution in [0.4, 0.5) is 0 Å². The average molecular weight is 596 g/mol. The van der Waals surface area contributed by atoms with E-state index < -0.39 is 34.2 Å². The van der Waals surface area contributed by atoms with Gasteiger partial charge in [0.15, 0.2) is 0 Å². The molecule has 0 rings (SSSR count). The van der Waals surface area contributed by atoms with E-state index in [-0.39, 0.29) is 43.3 Å². The summed E-state index contributed by atoms with van der Waals surface area (Å²) in [5.41, 5.74) is -1.24. The van der Waals surface area contributed by atoms with Crippen LogP contribution in [0.1, 0.15) is 94.9 Å². The molecule has 0 aliphatic rings. The molecule has 5 amide bonds. The Labute approximate surface area is 253 Å². The van der Waals surface area contributed by atoms with Gasteiger partial charge in [0.1, 0.15) is 13.1 Å². The summed E-state index contributed by atoms with van der Waals surface area (Å²) < 4.78 is 6.08. The maximum Gasteiger partial charge on any atom is 0.243 e. The minimum atomic E-state index is -0.756. The molecule has 0 aromatic heterocycles. The molecule has 0 radical (unpaired) electrons. The van der Waals surface area contributed by atoms with Gasteiger partial charge < -0.3 is 30.9 Å². The van der Waals surface area contributed by atoms with Crippen LogP contribution in [0.5, 0.6) is 0 Å². The number of hydrogen-bond acceptors (Lipinski definition) is 6. The number of amides is 5. The molecule has 242 valence electrons. The highest BCUT2D eigenvalue weighted by Crippen LogP contribution is 2.33. The van der Waals surface area contributed by atoms with Crippen LogP contribution in [-0.4, -0.2) is 79.9 Å². The Hall–Kier alpha value is -2.95. The maximum absolute atomic E-state index is 12.9. The number of nitrogens with zero attached hydrogens (tertiary/aromatic N) is 1. The van der Waals surface area contributed by atoms with Crippen molar-refractivity contribution >= 4 is 29.5 Å². The minimum absolute atomic E-state index is 0.0244. The first-order valence-electron chi connectivity index (χ1n) is 14.7. The van der Waals surface area contributed by atoms with Crippen molar-refractivity contribution in [3.63, 3.8) is 0 Å². The van der Waals surface area contributed by atoms with E-state index in [0.29, 0.717) is 31.7 Å². The normalized spacial score (nSPS) is 12.3. The van der Waals surface area contributed by atoms with Gasteiger partial charge in [-0.3, -0.25) is 24.0 Å². The van der Waals surface area contributed by atoms with Crippen molar-refractivity contribution in [2.75, 3.05) is 39.8 Å². The smallest absolute Gasteiger partial charge is 0.243 e. The fraction of sp³-hybridized carbons (Fsp3) is 0.774. The second-order valence-electron chi connectivity index (χ2n) is 14.1. The molecule has 0 saturated carbocycles. The number of carbonyl (C=O) groups excluding carboxylic acids is 5. The van der Waals surface area contributed by atoms with Gasteiger partial charge in [0.25, 0.3) is 0 Å². The van der Waals surface area contributed by atoms with Gasteiger partial charge in [-0.25, -0.2) is 0 Å². The third-order valence-electron chi connectivity index (χ3n) is 6.71. The first-order chi connectivity index (χ1) is 19.0. The SMILES string of the molecule is C=C(C)NC(=O)CN(CC(=O)NC)C(=O)CCNC(=O)C(C)(C)CCOC(C)(C)CCNC(=O)C(C)(C)CC(C)(C)C. The minimum Gasteiger partial charge on any atom is -0.375 e. The Morgan fingerprint density at radius 1 is 0.762 bits per heavy atom. The largest absolute Gasteiger partial charge is 0.375 e. The molecule has 0 aliphatic heterocycles. The zero-order valence-electron chi connectivity index (χ0n) is 28.0. The van der Waals surface area contributed by atoms with Gasteiger partial charge in [0.2, 0.25) is 29.5 Å².